The van der Waals surface area contributed by atoms with Crippen LogP contribution in [0.5, 0.6) is 0 Å². The summed E-state index contributed by atoms with van der Waals surface area (Å²) in [5.74, 6) is -1.66. The number of hydrogen-bond acceptors (Lipinski definition) is 4. The molecular weight excluding hydrogens is 541 g/mol. The second-order valence-electron chi connectivity index (χ2n) is 9.25. The van der Waals surface area contributed by atoms with Crippen LogP contribution in [0.25, 0.3) is 0 Å². The number of hydrogen-bond donors (Lipinski definition) is 1. The Morgan fingerprint density at radius 1 is 1.03 bits per heavy atom. The van der Waals surface area contributed by atoms with Gasteiger partial charge in [-0.1, -0.05) is 73.0 Å². The monoisotopic (exact) mass is 573 g/mol. The summed E-state index contributed by atoms with van der Waals surface area (Å²) >= 11 is 5.98. The normalized spacial score (nSPS) is 12.0. The van der Waals surface area contributed by atoms with Crippen molar-refractivity contribution in [3.8, 4) is 0 Å². The molecule has 0 saturated heterocycles. The highest BCUT2D eigenvalue weighted by molar-refractivity contribution is 7.92. The van der Waals surface area contributed by atoms with Gasteiger partial charge in [0.05, 0.1) is 15.6 Å². The van der Waals surface area contributed by atoms with E-state index in [4.69, 9.17) is 11.6 Å². The van der Waals surface area contributed by atoms with Gasteiger partial charge >= 0.3 is 0 Å². The van der Waals surface area contributed by atoms with Crippen molar-refractivity contribution in [1.82, 2.24) is 10.2 Å². The van der Waals surface area contributed by atoms with Gasteiger partial charge in [-0.3, -0.25) is 13.9 Å². The number of anilines is 1. The van der Waals surface area contributed by atoms with Crippen LogP contribution in [0.4, 0.5) is 10.1 Å². The molecule has 39 heavy (non-hydrogen) atoms. The van der Waals surface area contributed by atoms with E-state index >= 15 is 0 Å². The first-order valence-corrected chi connectivity index (χ1v) is 14.5. The van der Waals surface area contributed by atoms with Gasteiger partial charge in [-0.2, -0.15) is 0 Å². The minimum atomic E-state index is -4.25. The molecule has 10 heteroatoms. The highest BCUT2D eigenvalue weighted by Crippen LogP contribution is 2.28. The molecule has 1 atom stereocenters. The molecule has 208 valence electrons. The van der Waals surface area contributed by atoms with Gasteiger partial charge in [-0.05, 0) is 56.2 Å². The van der Waals surface area contributed by atoms with Crippen LogP contribution in [0, 0.1) is 12.7 Å². The van der Waals surface area contributed by atoms with Crippen molar-refractivity contribution in [2.45, 2.75) is 51.1 Å². The zero-order valence-electron chi connectivity index (χ0n) is 22.2. The summed E-state index contributed by atoms with van der Waals surface area (Å²) in [6.07, 6.45) is 1.69. The van der Waals surface area contributed by atoms with Crippen molar-refractivity contribution < 1.29 is 22.4 Å². The summed E-state index contributed by atoms with van der Waals surface area (Å²) in [6.45, 7) is 5.47. The van der Waals surface area contributed by atoms with Crippen LogP contribution in [0.2, 0.25) is 5.02 Å². The maximum atomic E-state index is 13.9. The molecule has 0 aliphatic heterocycles. The number of nitrogens with one attached hydrogen (secondary N) is 1. The summed E-state index contributed by atoms with van der Waals surface area (Å²) < 4.78 is 42.3. The molecule has 3 rings (SSSR count). The minimum absolute atomic E-state index is 0.0224. The minimum Gasteiger partial charge on any atom is -0.354 e. The van der Waals surface area contributed by atoms with E-state index in [0.717, 1.165) is 40.4 Å². The third kappa shape index (κ3) is 7.80. The molecule has 1 N–H and O–H groups in total. The second kappa shape index (κ2) is 13.6. The average molecular weight is 574 g/mol. The molecule has 0 heterocycles. The van der Waals surface area contributed by atoms with Gasteiger partial charge < -0.3 is 10.2 Å². The summed E-state index contributed by atoms with van der Waals surface area (Å²) in [5, 5.41) is 2.56. The third-order valence-corrected chi connectivity index (χ3v) is 8.31. The number of rotatable bonds is 12. The van der Waals surface area contributed by atoms with Crippen molar-refractivity contribution in [2.75, 3.05) is 17.4 Å². The number of carbonyl (C=O) groups excluding carboxylic acids is 2. The summed E-state index contributed by atoms with van der Waals surface area (Å²) in [6, 6.07) is 17.7. The average Bonchev–Trinajstić information content (AvgIpc) is 2.92. The maximum absolute atomic E-state index is 13.9. The third-order valence-electron chi connectivity index (χ3n) is 6.23. The van der Waals surface area contributed by atoms with Gasteiger partial charge in [0.15, 0.2) is 0 Å². The molecule has 7 nitrogen and oxygen atoms in total. The molecule has 0 fully saturated rings. The number of benzene rings is 3. The lowest BCUT2D eigenvalue weighted by Crippen LogP contribution is -2.51. The van der Waals surface area contributed by atoms with Crippen LogP contribution in [0.1, 0.15) is 37.8 Å². The van der Waals surface area contributed by atoms with Gasteiger partial charge in [0.25, 0.3) is 10.0 Å². The lowest BCUT2D eigenvalue weighted by Gasteiger charge is -2.32. The summed E-state index contributed by atoms with van der Waals surface area (Å²) in [4.78, 5) is 28.1. The van der Waals surface area contributed by atoms with E-state index in [2.05, 4.69) is 5.32 Å². The van der Waals surface area contributed by atoms with Gasteiger partial charge in [-0.25, -0.2) is 12.8 Å². The fraction of sp³-hybridized carbons (Fsp3) is 0.310. The van der Waals surface area contributed by atoms with Crippen molar-refractivity contribution in [3.63, 3.8) is 0 Å². The number of halogens is 2. The molecule has 3 aromatic rings. The summed E-state index contributed by atoms with van der Waals surface area (Å²) in [7, 11) is -4.25. The lowest BCUT2D eigenvalue weighted by molar-refractivity contribution is -0.139. The second-order valence-corrected chi connectivity index (χ2v) is 11.5. The largest absolute Gasteiger partial charge is 0.354 e. The van der Waals surface area contributed by atoms with Gasteiger partial charge in [0.1, 0.15) is 18.4 Å². The summed E-state index contributed by atoms with van der Waals surface area (Å²) in [5.41, 5.74) is 1.79. The first-order chi connectivity index (χ1) is 18.5. The first-order valence-electron chi connectivity index (χ1n) is 12.7. The first kappa shape index (κ1) is 30.1. The molecule has 0 saturated carbocycles. The zero-order valence-corrected chi connectivity index (χ0v) is 23.8. The fourth-order valence-corrected chi connectivity index (χ4v) is 5.62. The van der Waals surface area contributed by atoms with E-state index in [1.165, 1.54) is 23.1 Å². The quantitative estimate of drug-likeness (QED) is 0.297. The molecule has 0 aliphatic rings. The molecule has 0 unspecified atom stereocenters. The van der Waals surface area contributed by atoms with E-state index in [0.29, 0.717) is 6.54 Å². The molecule has 3 aromatic carbocycles. The van der Waals surface area contributed by atoms with Gasteiger partial charge in [0.2, 0.25) is 11.8 Å². The lowest BCUT2D eigenvalue weighted by atomic mass is 10.1. The predicted molar refractivity (Wildman–Crippen MR) is 151 cm³/mol. The molecule has 0 spiro atoms. The van der Waals surface area contributed by atoms with Crippen molar-refractivity contribution in [1.29, 1.82) is 0 Å². The predicted octanol–water partition coefficient (Wildman–Crippen LogP) is 5.32. The fourth-order valence-electron chi connectivity index (χ4n) is 4.01. The maximum Gasteiger partial charge on any atom is 0.264 e. The smallest absolute Gasteiger partial charge is 0.264 e. The Morgan fingerprint density at radius 3 is 2.38 bits per heavy atom. The van der Waals surface area contributed by atoms with Crippen LogP contribution in [0.3, 0.4) is 0 Å². The molecule has 0 aromatic heterocycles. The standard InChI is InChI=1S/C29H33ClFN3O4S/c1-4-5-16-32-29(36)22(3)33(19-23-11-9-10-21(2)17-23)28(35)20-34(24-14-15-27(31)26(30)18-24)39(37,38)25-12-7-6-8-13-25/h6-15,17-18,22H,4-5,16,19-20H2,1-3H3,(H,32,36)/t22-/m1/s1. The Morgan fingerprint density at radius 2 is 1.74 bits per heavy atom. The Bertz CT molecular complexity index is 1400. The van der Waals surface area contributed by atoms with Gasteiger partial charge in [-0.15, -0.1) is 0 Å². The molecule has 2 amide bonds. The SMILES string of the molecule is CCCCNC(=O)[C@@H](C)N(Cc1cccc(C)c1)C(=O)CN(c1ccc(F)c(Cl)c1)S(=O)(=O)c1ccccc1. The van der Waals surface area contributed by atoms with Crippen LogP contribution in [-0.2, 0) is 26.2 Å². The topological polar surface area (TPSA) is 86.8 Å². The van der Waals surface area contributed by atoms with Crippen molar-refractivity contribution >= 4 is 39.1 Å². The highest BCUT2D eigenvalue weighted by atomic mass is 35.5. The molecule has 0 radical (unpaired) electrons. The van der Waals surface area contributed by atoms with E-state index < -0.39 is 34.3 Å². The van der Waals surface area contributed by atoms with Crippen LogP contribution in [0.15, 0.2) is 77.7 Å². The number of carbonyl (C=O) groups is 2. The van der Waals surface area contributed by atoms with Crippen LogP contribution in [-0.4, -0.2) is 44.3 Å². The van der Waals surface area contributed by atoms with E-state index in [9.17, 15) is 22.4 Å². The molecule has 0 aliphatic carbocycles. The highest BCUT2D eigenvalue weighted by Gasteiger charge is 2.32. The van der Waals surface area contributed by atoms with Crippen LogP contribution >= 0.6 is 11.6 Å². The van der Waals surface area contributed by atoms with E-state index in [1.807, 2.05) is 38.1 Å². The Hall–Kier alpha value is -3.43. The number of aryl methyl sites for hydroxylation is 1. The molecule has 0 bridgehead atoms. The number of sulfonamides is 1. The van der Waals surface area contributed by atoms with Crippen molar-refractivity contribution in [3.05, 3.63) is 94.8 Å². The van der Waals surface area contributed by atoms with Crippen molar-refractivity contribution in [2.24, 2.45) is 0 Å². The Kier molecular flexibility index (Phi) is 10.5. The Balaban J connectivity index is 2.01. The Labute approximate surface area is 234 Å². The number of amides is 2. The van der Waals surface area contributed by atoms with Gasteiger partial charge in [0, 0.05) is 13.1 Å². The number of unbranched alkanes of at least 4 members (excludes halogenated alkanes) is 1. The van der Waals surface area contributed by atoms with Crippen LogP contribution < -0.4 is 9.62 Å². The molecular formula is C29H33ClFN3O4S. The van der Waals surface area contributed by atoms with E-state index in [1.54, 1.807) is 25.1 Å². The van der Waals surface area contributed by atoms with E-state index in [-0.39, 0.29) is 28.1 Å². The number of nitrogens with zero attached hydrogens (tertiary/aromatic N) is 2. The zero-order chi connectivity index (χ0) is 28.6.